The molecule has 3 nitrogen and oxygen atoms in total. The van der Waals surface area contributed by atoms with Crippen LogP contribution in [0, 0.1) is 0 Å². The maximum Gasteiger partial charge on any atom is 0.253 e. The molecule has 2 aliphatic heterocycles. The van der Waals surface area contributed by atoms with Gasteiger partial charge in [0.2, 0.25) is 0 Å². The number of fused-ring (bicyclic) bond motifs is 10. The molecule has 0 N–H and O–H groups in total. The third-order valence-corrected chi connectivity index (χ3v) is 20.1. The van der Waals surface area contributed by atoms with Gasteiger partial charge in [0.05, 0.1) is 11.4 Å². The second-order valence-electron chi connectivity index (χ2n) is 24.8. The Labute approximate surface area is 526 Å². The number of hydrogen-bond donors (Lipinski definition) is 0. The Morgan fingerprint density at radius 3 is 0.912 bits per heavy atom. The summed E-state index contributed by atoms with van der Waals surface area (Å²) in [6, 6.07) is 118. The van der Waals surface area contributed by atoms with Crippen LogP contribution in [-0.4, -0.2) is 11.7 Å². The van der Waals surface area contributed by atoms with Crippen LogP contribution in [0.25, 0.3) is 142 Å². The van der Waals surface area contributed by atoms with E-state index in [1.54, 1.807) is 0 Å². The van der Waals surface area contributed by atoms with Gasteiger partial charge in [-0.25, -0.2) is 4.98 Å². The molecule has 0 amide bonds. The highest BCUT2D eigenvalue weighted by Crippen LogP contribution is 2.53. The summed E-state index contributed by atoms with van der Waals surface area (Å²) in [5.41, 5.74) is 21.6. The van der Waals surface area contributed by atoms with Crippen molar-refractivity contribution in [1.29, 1.82) is 0 Å². The van der Waals surface area contributed by atoms with Crippen LogP contribution in [0.3, 0.4) is 0 Å². The molecular weight excluding hydrogens is 1100 g/mol. The van der Waals surface area contributed by atoms with E-state index in [-0.39, 0.29) is 6.71 Å². The molecule has 0 atom stereocenters. The van der Waals surface area contributed by atoms with Crippen LogP contribution in [0.15, 0.2) is 315 Å². The van der Waals surface area contributed by atoms with Crippen LogP contribution in [0.1, 0.15) is 0 Å². The lowest BCUT2D eigenvalue weighted by Gasteiger charge is -2.45. The van der Waals surface area contributed by atoms with E-state index >= 15 is 0 Å². The summed E-state index contributed by atoms with van der Waals surface area (Å²) >= 11 is 0. The fourth-order valence-electron chi connectivity index (χ4n) is 16.2. The first-order chi connectivity index (χ1) is 45.1. The van der Waals surface area contributed by atoms with Gasteiger partial charge in [0.15, 0.2) is 0 Å². The van der Waals surface area contributed by atoms with Crippen LogP contribution < -0.4 is 26.2 Å². The van der Waals surface area contributed by atoms with Gasteiger partial charge < -0.3 is 9.80 Å². The van der Waals surface area contributed by atoms with Crippen molar-refractivity contribution in [2.24, 2.45) is 0 Å². The molecule has 0 fully saturated rings. The zero-order chi connectivity index (χ0) is 59.4. The van der Waals surface area contributed by atoms with Crippen LogP contribution in [0.5, 0.6) is 0 Å². The molecular formula is C87H52BN3. The second kappa shape index (κ2) is 19.3. The van der Waals surface area contributed by atoms with Crippen molar-refractivity contribution in [1.82, 2.24) is 4.98 Å². The van der Waals surface area contributed by atoms with Gasteiger partial charge in [0.25, 0.3) is 6.71 Å². The number of hydrogen-bond acceptors (Lipinski definition) is 3. The third kappa shape index (κ3) is 7.36. The topological polar surface area (TPSA) is 19.4 Å². The van der Waals surface area contributed by atoms with E-state index in [4.69, 9.17) is 4.98 Å². The van der Waals surface area contributed by atoms with E-state index in [1.807, 2.05) is 0 Å². The number of aromatic nitrogens is 1. The Balaban J connectivity index is 0.975. The highest BCUT2D eigenvalue weighted by molar-refractivity contribution is 7.03. The minimum Gasteiger partial charge on any atom is -0.311 e. The minimum absolute atomic E-state index is 0.226. The maximum atomic E-state index is 5.47. The Morgan fingerprint density at radius 1 is 0.209 bits per heavy atom. The van der Waals surface area contributed by atoms with E-state index < -0.39 is 0 Å². The van der Waals surface area contributed by atoms with Gasteiger partial charge in [-0.15, -0.1) is 0 Å². The smallest absolute Gasteiger partial charge is 0.253 e. The normalized spacial score (nSPS) is 12.8. The fraction of sp³-hybridized carbons (Fsp3) is 0. The van der Waals surface area contributed by atoms with E-state index in [2.05, 4.69) is 325 Å². The van der Waals surface area contributed by atoms with Gasteiger partial charge in [-0.2, -0.15) is 0 Å². The van der Waals surface area contributed by atoms with Crippen molar-refractivity contribution in [2.75, 3.05) is 9.80 Å². The zero-order valence-corrected chi connectivity index (χ0v) is 49.4. The molecule has 0 aliphatic carbocycles. The third-order valence-electron chi connectivity index (χ3n) is 20.1. The van der Waals surface area contributed by atoms with E-state index in [0.29, 0.717) is 0 Å². The largest absolute Gasteiger partial charge is 0.311 e. The van der Waals surface area contributed by atoms with Crippen molar-refractivity contribution in [3.8, 4) is 55.9 Å². The maximum absolute atomic E-state index is 5.47. The molecule has 1 aromatic heterocycles. The first-order valence-corrected chi connectivity index (χ1v) is 31.6. The van der Waals surface area contributed by atoms with Gasteiger partial charge in [-0.1, -0.05) is 255 Å². The SMILES string of the molecule is c1ccc(-c2ccc(N3c4cc(-c5cc(-c6ccccc6)nc(-c6ccccc6)c5)cc5c4B(c4c3cc3c6cccc7cccc(c8cccc4c83)c76)c3c(cc4c6cccc7cccc(c8cccc3c84)c76)N5c3ccc(-c4ccccc4)cc3)cc2)cc1. The monoisotopic (exact) mass is 1150 g/mol. The number of rotatable bonds is 7. The Kier molecular flexibility index (Phi) is 10.7. The first kappa shape index (κ1) is 50.2. The van der Waals surface area contributed by atoms with Crippen LogP contribution in [0.4, 0.5) is 34.1 Å². The van der Waals surface area contributed by atoms with Crippen molar-refractivity contribution in [2.45, 2.75) is 0 Å². The van der Waals surface area contributed by atoms with Crippen molar-refractivity contribution < 1.29 is 0 Å². The average Bonchev–Trinajstić information content (AvgIpc) is 0.743. The Bertz CT molecular complexity index is 5620. The number of benzene rings is 17. The second-order valence-corrected chi connectivity index (χ2v) is 24.8. The lowest BCUT2D eigenvalue weighted by atomic mass is 9.32. The van der Waals surface area contributed by atoms with Gasteiger partial charge in [0, 0.05) is 45.3 Å². The molecule has 91 heavy (non-hydrogen) atoms. The zero-order valence-electron chi connectivity index (χ0n) is 49.4. The molecule has 0 bridgehead atoms. The van der Waals surface area contributed by atoms with E-state index in [0.717, 1.165) is 56.4 Å². The predicted octanol–water partition coefficient (Wildman–Crippen LogP) is 21.6. The lowest BCUT2D eigenvalue weighted by Crippen LogP contribution is -2.61. The summed E-state index contributed by atoms with van der Waals surface area (Å²) in [5, 5.41) is 20.4. The number of nitrogens with zero attached hydrogens (tertiary/aromatic N) is 3. The van der Waals surface area contributed by atoms with Gasteiger partial charge in [-0.3, -0.25) is 0 Å². The van der Waals surface area contributed by atoms with Crippen molar-refractivity contribution in [3.63, 3.8) is 0 Å². The molecule has 0 spiro atoms. The number of anilines is 6. The van der Waals surface area contributed by atoms with Gasteiger partial charge >= 0.3 is 0 Å². The molecule has 2 aliphatic rings. The first-order valence-electron chi connectivity index (χ1n) is 31.6. The lowest BCUT2D eigenvalue weighted by molar-refractivity contribution is 1.26. The highest BCUT2D eigenvalue weighted by Gasteiger charge is 2.46. The molecule has 18 aromatic rings. The predicted molar refractivity (Wildman–Crippen MR) is 388 cm³/mol. The summed E-state index contributed by atoms with van der Waals surface area (Å²) in [7, 11) is 0. The van der Waals surface area contributed by atoms with Crippen LogP contribution in [-0.2, 0) is 0 Å². The number of pyridine rings is 1. The summed E-state index contributed by atoms with van der Waals surface area (Å²) in [4.78, 5) is 10.7. The fourth-order valence-corrected chi connectivity index (χ4v) is 16.2. The molecule has 0 unspecified atom stereocenters. The molecule has 0 saturated carbocycles. The average molecular weight is 1150 g/mol. The molecule has 20 rings (SSSR count). The summed E-state index contributed by atoms with van der Waals surface area (Å²) < 4.78 is 0. The van der Waals surface area contributed by atoms with Crippen molar-refractivity contribution in [3.05, 3.63) is 315 Å². The van der Waals surface area contributed by atoms with Crippen molar-refractivity contribution >= 4 is 143 Å². The standard InChI is InChI=1S/C87H52BN3/c1-5-19-53(20-6-1)55-39-43-63(44-40-55)90-77-49-62(61-47-75(57-23-9-3-10-24-57)89-76(48-61)58-25-11-4-12-26-58)50-78-87(77)88(85-71-37-17-35-67-65-31-13-27-59-29-15-33-69(81(59)65)73(83(67)71)51-79(85)90)86-72-38-18-36-68-66-32-14-28-60-30-16-34-70(82(60)66)74(84(68)72)52-80(86)91(78)64-45-41-56(42-46-64)54-21-7-2-8-22-54/h1-52H. The Morgan fingerprint density at radius 2 is 0.516 bits per heavy atom. The Hall–Kier alpha value is -11.8. The summed E-state index contributed by atoms with van der Waals surface area (Å²) in [6.07, 6.45) is 0. The quantitative estimate of drug-likeness (QED) is 0.0901. The molecule has 0 radical (unpaired) electrons. The van der Waals surface area contributed by atoms with Gasteiger partial charge in [-0.05, 0) is 197 Å². The molecule has 0 saturated heterocycles. The molecule has 3 heterocycles. The molecule has 17 aromatic carbocycles. The van der Waals surface area contributed by atoms with Crippen LogP contribution in [0.2, 0.25) is 0 Å². The van der Waals surface area contributed by atoms with E-state index in [9.17, 15) is 0 Å². The summed E-state index contributed by atoms with van der Waals surface area (Å²) in [6.45, 7) is -0.226. The van der Waals surface area contributed by atoms with Gasteiger partial charge in [0.1, 0.15) is 0 Å². The molecule has 418 valence electrons. The summed E-state index contributed by atoms with van der Waals surface area (Å²) in [5.74, 6) is 0. The van der Waals surface area contributed by atoms with Crippen LogP contribution >= 0.6 is 0 Å². The minimum atomic E-state index is -0.226. The van der Waals surface area contributed by atoms with E-state index in [1.165, 1.54) is 136 Å². The molecule has 4 heteroatoms. The highest BCUT2D eigenvalue weighted by atomic mass is 15.2.